The first-order valence-corrected chi connectivity index (χ1v) is 9.94. The van der Waals surface area contributed by atoms with Crippen LogP contribution in [0, 0.1) is 0 Å². The van der Waals surface area contributed by atoms with Crippen LogP contribution in [0.3, 0.4) is 0 Å². The average Bonchev–Trinajstić information content (AvgIpc) is 3.18. The van der Waals surface area contributed by atoms with Crippen molar-refractivity contribution in [2.24, 2.45) is 0 Å². The maximum Gasteiger partial charge on any atom is 0.335 e. The van der Waals surface area contributed by atoms with Crippen LogP contribution in [-0.2, 0) is 0 Å². The molecular weight excluding hydrogens is 398 g/mol. The molecule has 0 bridgehead atoms. The van der Waals surface area contributed by atoms with Crippen molar-refractivity contribution in [3.05, 3.63) is 64.7 Å². The fourth-order valence-electron chi connectivity index (χ4n) is 2.58. The topological polar surface area (TPSA) is 83.4 Å². The van der Waals surface area contributed by atoms with Crippen LogP contribution in [-0.4, -0.2) is 33.7 Å². The highest BCUT2D eigenvalue weighted by Crippen LogP contribution is 2.30. The number of aromatic carboxylic acids is 1. The number of carbonyl (C=O) groups is 2. The van der Waals surface area contributed by atoms with Gasteiger partial charge in [0.05, 0.1) is 16.1 Å². The summed E-state index contributed by atoms with van der Waals surface area (Å²) in [5.74, 6) is -1.21. The van der Waals surface area contributed by atoms with Gasteiger partial charge in [-0.25, -0.2) is 4.79 Å². The van der Waals surface area contributed by atoms with Crippen LogP contribution in [0.2, 0.25) is 5.02 Å². The summed E-state index contributed by atoms with van der Waals surface area (Å²) in [7, 11) is 0. The number of nitrogens with zero attached hydrogens (tertiary/aromatic N) is 3. The summed E-state index contributed by atoms with van der Waals surface area (Å²) in [5, 5.41) is 18.9. The van der Waals surface area contributed by atoms with Crippen molar-refractivity contribution in [1.82, 2.24) is 10.2 Å². The van der Waals surface area contributed by atoms with Gasteiger partial charge in [0.2, 0.25) is 5.13 Å². The van der Waals surface area contributed by atoms with E-state index in [9.17, 15) is 9.59 Å². The van der Waals surface area contributed by atoms with E-state index in [1.165, 1.54) is 23.5 Å². The normalized spacial score (nSPS) is 10.6. The summed E-state index contributed by atoms with van der Waals surface area (Å²) in [6.45, 7) is 2.56. The lowest BCUT2D eigenvalue weighted by atomic mass is 10.1. The van der Waals surface area contributed by atoms with E-state index in [-0.39, 0.29) is 11.5 Å². The standard InChI is InChI=1S/C20H18ClN3O3S/c1-2-3-12-24(18(25)15-6-4-5-7-16(15)21)20-23-22-17(28-20)13-8-10-14(11-9-13)19(26)27/h4-11H,2-3,12H2,1H3,(H,26,27). The molecule has 3 rings (SSSR count). The van der Waals surface area contributed by atoms with Gasteiger partial charge < -0.3 is 5.11 Å². The Kier molecular flexibility index (Phi) is 6.38. The third kappa shape index (κ3) is 4.37. The molecule has 1 N–H and O–H groups in total. The fraction of sp³-hybridized carbons (Fsp3) is 0.200. The first-order valence-electron chi connectivity index (χ1n) is 8.75. The first kappa shape index (κ1) is 20.0. The van der Waals surface area contributed by atoms with Gasteiger partial charge in [-0.2, -0.15) is 0 Å². The van der Waals surface area contributed by atoms with E-state index < -0.39 is 5.97 Å². The Morgan fingerprint density at radius 3 is 2.46 bits per heavy atom. The molecular formula is C20H18ClN3O3S. The summed E-state index contributed by atoms with van der Waals surface area (Å²) in [4.78, 5) is 25.6. The molecule has 0 aliphatic carbocycles. The van der Waals surface area contributed by atoms with Crippen molar-refractivity contribution in [3.63, 3.8) is 0 Å². The number of hydrogen-bond acceptors (Lipinski definition) is 5. The number of carbonyl (C=O) groups excluding carboxylic acids is 1. The van der Waals surface area contributed by atoms with Crippen LogP contribution in [0.15, 0.2) is 48.5 Å². The Balaban J connectivity index is 1.90. The first-order chi connectivity index (χ1) is 13.5. The number of rotatable bonds is 7. The van der Waals surface area contributed by atoms with Gasteiger partial charge in [-0.05, 0) is 30.7 Å². The van der Waals surface area contributed by atoms with E-state index >= 15 is 0 Å². The van der Waals surface area contributed by atoms with E-state index in [1.807, 2.05) is 6.92 Å². The van der Waals surface area contributed by atoms with Gasteiger partial charge >= 0.3 is 5.97 Å². The van der Waals surface area contributed by atoms with Crippen LogP contribution in [0.25, 0.3) is 10.6 Å². The maximum absolute atomic E-state index is 13.1. The number of carboxylic acid groups (broad SMARTS) is 1. The Hall–Kier alpha value is -2.77. The molecule has 1 amide bonds. The van der Waals surface area contributed by atoms with Gasteiger partial charge in [0.15, 0.2) is 0 Å². The van der Waals surface area contributed by atoms with Crippen molar-refractivity contribution < 1.29 is 14.7 Å². The van der Waals surface area contributed by atoms with E-state index in [4.69, 9.17) is 16.7 Å². The van der Waals surface area contributed by atoms with Gasteiger partial charge in [0.25, 0.3) is 5.91 Å². The smallest absolute Gasteiger partial charge is 0.335 e. The zero-order chi connectivity index (χ0) is 20.1. The zero-order valence-electron chi connectivity index (χ0n) is 15.1. The molecule has 6 nitrogen and oxygen atoms in total. The second kappa shape index (κ2) is 8.95. The SMILES string of the molecule is CCCCN(C(=O)c1ccccc1Cl)c1nnc(-c2ccc(C(=O)O)cc2)s1. The largest absolute Gasteiger partial charge is 0.478 e. The second-order valence-corrected chi connectivity index (χ2v) is 7.43. The minimum absolute atomic E-state index is 0.201. The highest BCUT2D eigenvalue weighted by Gasteiger charge is 2.23. The molecule has 0 radical (unpaired) electrons. The molecule has 0 aliphatic heterocycles. The van der Waals surface area contributed by atoms with Gasteiger partial charge in [-0.1, -0.05) is 60.5 Å². The number of carboxylic acids is 1. The Morgan fingerprint density at radius 1 is 1.11 bits per heavy atom. The van der Waals surface area contributed by atoms with Gasteiger partial charge in [-0.15, -0.1) is 10.2 Å². The molecule has 1 heterocycles. The third-order valence-corrected chi connectivity index (χ3v) is 5.43. The van der Waals surface area contributed by atoms with Crippen molar-refractivity contribution in [2.45, 2.75) is 19.8 Å². The quantitative estimate of drug-likeness (QED) is 0.586. The Morgan fingerprint density at radius 2 is 1.82 bits per heavy atom. The highest BCUT2D eigenvalue weighted by molar-refractivity contribution is 7.18. The van der Waals surface area contributed by atoms with Gasteiger partial charge in [-0.3, -0.25) is 9.69 Å². The summed E-state index contributed by atoms with van der Waals surface area (Å²) < 4.78 is 0. The number of unbranched alkanes of at least 4 members (excludes halogenated alkanes) is 1. The number of aromatic nitrogens is 2. The molecule has 0 spiro atoms. The predicted octanol–water partition coefficient (Wildman–Crippen LogP) is 5.00. The lowest BCUT2D eigenvalue weighted by Gasteiger charge is -2.19. The molecule has 2 aromatic carbocycles. The number of halogens is 1. The van der Waals surface area contributed by atoms with E-state index in [1.54, 1.807) is 41.3 Å². The lowest BCUT2D eigenvalue weighted by Crippen LogP contribution is -2.32. The van der Waals surface area contributed by atoms with Crippen LogP contribution in [0.4, 0.5) is 5.13 Å². The van der Waals surface area contributed by atoms with Crippen LogP contribution >= 0.6 is 22.9 Å². The van der Waals surface area contributed by atoms with Crippen LogP contribution in [0.5, 0.6) is 0 Å². The highest BCUT2D eigenvalue weighted by atomic mass is 35.5. The lowest BCUT2D eigenvalue weighted by molar-refractivity contribution is 0.0696. The molecule has 8 heteroatoms. The van der Waals surface area contributed by atoms with E-state index in [0.717, 1.165) is 18.4 Å². The minimum Gasteiger partial charge on any atom is -0.478 e. The molecule has 0 aliphatic rings. The average molecular weight is 416 g/mol. The number of hydrogen-bond donors (Lipinski definition) is 1. The third-order valence-electron chi connectivity index (χ3n) is 4.11. The van der Waals surface area contributed by atoms with Crippen molar-refractivity contribution in [2.75, 3.05) is 11.4 Å². The van der Waals surface area contributed by atoms with Crippen molar-refractivity contribution in [3.8, 4) is 10.6 Å². The van der Waals surface area contributed by atoms with Crippen molar-refractivity contribution >= 4 is 39.9 Å². The van der Waals surface area contributed by atoms with Crippen LogP contribution < -0.4 is 4.90 Å². The predicted molar refractivity (Wildman–Crippen MR) is 110 cm³/mol. The van der Waals surface area contributed by atoms with Gasteiger partial charge in [0, 0.05) is 12.1 Å². The molecule has 1 aromatic heterocycles. The maximum atomic E-state index is 13.1. The number of anilines is 1. The molecule has 0 fully saturated rings. The van der Waals surface area contributed by atoms with E-state index in [2.05, 4.69) is 10.2 Å². The molecule has 144 valence electrons. The summed E-state index contributed by atoms with van der Waals surface area (Å²) in [6, 6.07) is 13.3. The molecule has 0 atom stereocenters. The summed E-state index contributed by atoms with van der Waals surface area (Å²) in [5.41, 5.74) is 1.36. The molecule has 3 aromatic rings. The van der Waals surface area contributed by atoms with E-state index in [0.29, 0.717) is 27.3 Å². The molecule has 0 saturated carbocycles. The minimum atomic E-state index is -0.986. The monoisotopic (exact) mass is 415 g/mol. The summed E-state index contributed by atoms with van der Waals surface area (Å²) >= 11 is 7.48. The summed E-state index contributed by atoms with van der Waals surface area (Å²) in [6.07, 6.45) is 1.74. The zero-order valence-corrected chi connectivity index (χ0v) is 16.7. The Bertz CT molecular complexity index is 988. The molecule has 0 unspecified atom stereocenters. The molecule has 0 saturated heterocycles. The molecule has 28 heavy (non-hydrogen) atoms. The Labute approximate surface area is 171 Å². The second-order valence-electron chi connectivity index (χ2n) is 6.06. The van der Waals surface area contributed by atoms with Gasteiger partial charge in [0.1, 0.15) is 5.01 Å². The number of amides is 1. The fourth-order valence-corrected chi connectivity index (χ4v) is 3.67. The van der Waals surface area contributed by atoms with Crippen molar-refractivity contribution in [1.29, 1.82) is 0 Å². The van der Waals surface area contributed by atoms with Crippen LogP contribution in [0.1, 0.15) is 40.5 Å². The number of benzene rings is 2.